The number of rotatable bonds is 2. The second-order valence-corrected chi connectivity index (χ2v) is 6.70. The maximum atomic E-state index is 12.6. The number of aromatic nitrogens is 4. The molecule has 0 radical (unpaired) electrons. The van der Waals surface area contributed by atoms with Gasteiger partial charge in [0.1, 0.15) is 0 Å². The molecule has 108 valence electrons. The largest absolute Gasteiger partial charge is 0.302 e. The molecule has 3 aromatic heterocycles. The summed E-state index contributed by atoms with van der Waals surface area (Å²) in [6.07, 6.45) is 0. The van der Waals surface area contributed by atoms with E-state index in [0.29, 0.717) is 10.7 Å². The van der Waals surface area contributed by atoms with Gasteiger partial charge in [-0.2, -0.15) is 9.61 Å². The Hall–Kier alpha value is -2.38. The Morgan fingerprint density at radius 3 is 2.64 bits per heavy atom. The van der Waals surface area contributed by atoms with Crippen molar-refractivity contribution in [3.8, 4) is 21.1 Å². The molecule has 0 spiro atoms. The Bertz CT molecular complexity index is 1000. The molecule has 0 saturated carbocycles. The molecular weight excluding hydrogens is 316 g/mol. The van der Waals surface area contributed by atoms with Crippen molar-refractivity contribution in [3.05, 3.63) is 57.7 Å². The molecule has 0 N–H and O–H groups in total. The summed E-state index contributed by atoms with van der Waals surface area (Å²) < 4.78 is 1.34. The highest BCUT2D eigenvalue weighted by Gasteiger charge is 2.14. The number of thiophene rings is 1. The Kier molecular flexibility index (Phi) is 3.09. The predicted octanol–water partition coefficient (Wildman–Crippen LogP) is 3.25. The lowest BCUT2D eigenvalue weighted by Gasteiger charge is -1.99. The van der Waals surface area contributed by atoms with Gasteiger partial charge in [0.15, 0.2) is 10.7 Å². The van der Waals surface area contributed by atoms with E-state index in [1.54, 1.807) is 11.3 Å². The first-order chi connectivity index (χ1) is 10.7. The fraction of sp³-hybridized carbons (Fsp3) is 0.0667. The van der Waals surface area contributed by atoms with Gasteiger partial charge in [-0.3, -0.25) is 4.79 Å². The fourth-order valence-corrected chi connectivity index (χ4v) is 3.73. The molecule has 7 heteroatoms. The van der Waals surface area contributed by atoms with Crippen LogP contribution in [0.4, 0.5) is 0 Å². The van der Waals surface area contributed by atoms with Crippen molar-refractivity contribution in [2.45, 2.75) is 6.92 Å². The molecule has 0 saturated heterocycles. The van der Waals surface area contributed by atoms with Gasteiger partial charge in [-0.25, -0.2) is 0 Å². The summed E-state index contributed by atoms with van der Waals surface area (Å²) >= 11 is 2.95. The van der Waals surface area contributed by atoms with Gasteiger partial charge >= 0.3 is 5.56 Å². The van der Waals surface area contributed by atoms with Crippen LogP contribution >= 0.6 is 22.7 Å². The molecule has 4 aromatic rings. The molecule has 3 heterocycles. The molecule has 0 aliphatic heterocycles. The van der Waals surface area contributed by atoms with Crippen LogP contribution in [-0.2, 0) is 0 Å². The third-order valence-electron chi connectivity index (χ3n) is 3.25. The van der Waals surface area contributed by atoms with Crippen molar-refractivity contribution in [2.24, 2.45) is 0 Å². The summed E-state index contributed by atoms with van der Waals surface area (Å²) in [4.78, 5) is 14.1. The lowest BCUT2D eigenvalue weighted by atomic mass is 10.1. The Morgan fingerprint density at radius 1 is 1.09 bits per heavy atom. The van der Waals surface area contributed by atoms with Gasteiger partial charge in [0.25, 0.3) is 0 Å². The lowest BCUT2D eigenvalue weighted by molar-refractivity contribution is 0.862. The highest BCUT2D eigenvalue weighted by atomic mass is 32.1. The van der Waals surface area contributed by atoms with Crippen LogP contribution in [0.5, 0.6) is 0 Å². The summed E-state index contributed by atoms with van der Waals surface area (Å²) in [5, 5.41) is 15.4. The van der Waals surface area contributed by atoms with E-state index in [9.17, 15) is 4.79 Å². The van der Waals surface area contributed by atoms with Crippen molar-refractivity contribution in [2.75, 3.05) is 0 Å². The zero-order valence-electron chi connectivity index (χ0n) is 11.6. The number of hydrogen-bond donors (Lipinski definition) is 0. The molecule has 0 aliphatic rings. The zero-order chi connectivity index (χ0) is 15.1. The summed E-state index contributed by atoms with van der Waals surface area (Å²) in [6, 6.07) is 11.6. The van der Waals surface area contributed by atoms with Crippen LogP contribution in [-0.4, -0.2) is 19.8 Å². The minimum atomic E-state index is -0.243. The van der Waals surface area contributed by atoms with Crippen LogP contribution in [0, 0.1) is 6.92 Å². The van der Waals surface area contributed by atoms with E-state index < -0.39 is 0 Å². The van der Waals surface area contributed by atoms with E-state index in [-0.39, 0.29) is 5.56 Å². The number of hydrogen-bond acceptors (Lipinski definition) is 6. The van der Waals surface area contributed by atoms with Gasteiger partial charge in [0.2, 0.25) is 4.96 Å². The lowest BCUT2D eigenvalue weighted by Crippen LogP contribution is -2.19. The molecule has 0 amide bonds. The monoisotopic (exact) mass is 326 g/mol. The molecule has 4 rings (SSSR count). The molecule has 0 fully saturated rings. The molecule has 1 aromatic carbocycles. The minimum absolute atomic E-state index is 0.243. The highest BCUT2D eigenvalue weighted by Crippen LogP contribution is 2.28. The smallest absolute Gasteiger partial charge is 0.265 e. The van der Waals surface area contributed by atoms with E-state index in [4.69, 9.17) is 0 Å². The van der Waals surface area contributed by atoms with Crippen molar-refractivity contribution in [1.29, 1.82) is 0 Å². The van der Waals surface area contributed by atoms with Crippen LogP contribution in [0.3, 0.4) is 0 Å². The first-order valence-electron chi connectivity index (χ1n) is 6.60. The zero-order valence-corrected chi connectivity index (χ0v) is 13.2. The van der Waals surface area contributed by atoms with E-state index in [0.717, 1.165) is 21.0 Å². The Morgan fingerprint density at radius 2 is 1.91 bits per heavy atom. The third-order valence-corrected chi connectivity index (χ3v) is 5.19. The minimum Gasteiger partial charge on any atom is -0.265 e. The first-order valence-corrected chi connectivity index (χ1v) is 8.29. The number of fused-ring (bicyclic) bond motifs is 1. The maximum absolute atomic E-state index is 12.6. The van der Waals surface area contributed by atoms with E-state index in [1.165, 1.54) is 15.9 Å². The molecular formula is C15H10N4OS2. The Labute approximate surface area is 133 Å². The van der Waals surface area contributed by atoms with Gasteiger partial charge in [0.05, 0.1) is 4.88 Å². The van der Waals surface area contributed by atoms with Crippen LogP contribution in [0.25, 0.3) is 26.1 Å². The average molecular weight is 326 g/mol. The number of benzene rings is 1. The first kappa shape index (κ1) is 13.3. The quantitative estimate of drug-likeness (QED) is 0.567. The number of nitrogens with zero attached hydrogens (tertiary/aromatic N) is 4. The maximum Gasteiger partial charge on any atom is 0.302 e. The molecule has 0 aliphatic carbocycles. The fourth-order valence-electron chi connectivity index (χ4n) is 2.11. The standard InChI is InChI=1S/C15H10N4OS2/c1-9-4-6-10(7-5-9)12-14(20)19-15(17-16-12)22-13(18-19)11-3-2-8-21-11/h2-8H,1H3. The van der Waals surface area contributed by atoms with E-state index in [2.05, 4.69) is 15.3 Å². The average Bonchev–Trinajstić information content (AvgIpc) is 3.18. The van der Waals surface area contributed by atoms with Crippen molar-refractivity contribution >= 4 is 27.6 Å². The summed E-state index contributed by atoms with van der Waals surface area (Å²) in [6.45, 7) is 2.00. The molecule has 5 nitrogen and oxygen atoms in total. The topological polar surface area (TPSA) is 60.1 Å². The van der Waals surface area contributed by atoms with E-state index in [1.807, 2.05) is 48.7 Å². The van der Waals surface area contributed by atoms with Crippen molar-refractivity contribution < 1.29 is 0 Å². The van der Waals surface area contributed by atoms with Crippen LogP contribution < -0.4 is 5.56 Å². The summed E-state index contributed by atoms with van der Waals surface area (Å²) in [5.41, 5.74) is 1.96. The predicted molar refractivity (Wildman–Crippen MR) is 88.4 cm³/mol. The molecule has 0 unspecified atom stereocenters. The van der Waals surface area contributed by atoms with Crippen LogP contribution in [0.2, 0.25) is 0 Å². The van der Waals surface area contributed by atoms with Gasteiger partial charge in [0, 0.05) is 5.56 Å². The third kappa shape index (κ3) is 2.15. The van der Waals surface area contributed by atoms with Gasteiger partial charge in [-0.15, -0.1) is 21.5 Å². The second kappa shape index (κ2) is 5.11. The van der Waals surface area contributed by atoms with Crippen molar-refractivity contribution in [1.82, 2.24) is 19.8 Å². The molecule has 22 heavy (non-hydrogen) atoms. The summed E-state index contributed by atoms with van der Waals surface area (Å²) in [7, 11) is 0. The highest BCUT2D eigenvalue weighted by molar-refractivity contribution is 7.23. The molecule has 0 bridgehead atoms. The second-order valence-electron chi connectivity index (χ2n) is 4.80. The Balaban J connectivity index is 1.90. The normalized spacial score (nSPS) is 11.1. The van der Waals surface area contributed by atoms with Gasteiger partial charge < -0.3 is 0 Å². The summed E-state index contributed by atoms with van der Waals surface area (Å²) in [5.74, 6) is 0. The van der Waals surface area contributed by atoms with Gasteiger partial charge in [-0.1, -0.05) is 47.2 Å². The molecule has 0 atom stereocenters. The van der Waals surface area contributed by atoms with Crippen LogP contribution in [0.15, 0.2) is 46.6 Å². The van der Waals surface area contributed by atoms with E-state index >= 15 is 0 Å². The van der Waals surface area contributed by atoms with Crippen LogP contribution in [0.1, 0.15) is 5.56 Å². The van der Waals surface area contributed by atoms with Gasteiger partial charge in [-0.05, 0) is 18.4 Å². The number of aryl methyl sites for hydroxylation is 1. The van der Waals surface area contributed by atoms with Crippen molar-refractivity contribution in [3.63, 3.8) is 0 Å². The SMILES string of the molecule is Cc1ccc(-c2nnc3sc(-c4cccs4)nn3c2=O)cc1.